The van der Waals surface area contributed by atoms with Gasteiger partial charge in [-0.2, -0.15) is 0 Å². The van der Waals surface area contributed by atoms with Crippen molar-refractivity contribution in [3.8, 4) is 0 Å². The van der Waals surface area contributed by atoms with Gasteiger partial charge in [0.05, 0.1) is 0 Å². The maximum absolute atomic E-state index is 8.38. The van der Waals surface area contributed by atoms with Crippen molar-refractivity contribution in [3.63, 3.8) is 0 Å². The highest BCUT2D eigenvalue weighted by Crippen LogP contribution is 2.06. The summed E-state index contributed by atoms with van der Waals surface area (Å²) in [6, 6.07) is 0. The van der Waals surface area contributed by atoms with E-state index in [-0.39, 0.29) is 6.61 Å². The van der Waals surface area contributed by atoms with Gasteiger partial charge < -0.3 is 5.11 Å². The summed E-state index contributed by atoms with van der Waals surface area (Å²) in [5.41, 5.74) is 0. The van der Waals surface area contributed by atoms with Crippen molar-refractivity contribution in [1.82, 2.24) is 0 Å². The normalized spacial score (nSPS) is 10.7. The molecule has 0 aliphatic carbocycles. The number of unbranched alkanes of at least 4 members (excludes halogenated alkanes) is 2. The lowest BCUT2D eigenvalue weighted by molar-refractivity contribution is 0.321. The average Bonchev–Trinajstić information content (AvgIpc) is 1.80. The van der Waals surface area contributed by atoms with Crippen LogP contribution in [0, 0.1) is 12.3 Å². The van der Waals surface area contributed by atoms with Crippen molar-refractivity contribution in [2.45, 2.75) is 33.1 Å². The maximum Gasteiger partial charge on any atom is 0.0462 e. The van der Waals surface area contributed by atoms with Gasteiger partial charge >= 0.3 is 0 Å². The molecule has 0 aromatic rings. The highest BCUT2D eigenvalue weighted by atomic mass is 16.2. The van der Waals surface area contributed by atoms with Gasteiger partial charge in [0.2, 0.25) is 0 Å². The van der Waals surface area contributed by atoms with Crippen molar-refractivity contribution in [3.05, 3.63) is 6.42 Å². The van der Waals surface area contributed by atoms with E-state index in [1.807, 2.05) is 6.42 Å². The Labute approximate surface area is 58.1 Å². The van der Waals surface area contributed by atoms with Gasteiger partial charge in [-0.15, -0.1) is 0 Å². The van der Waals surface area contributed by atoms with Crippen LogP contribution in [0.2, 0.25) is 0 Å². The molecule has 0 bridgehead atoms. The summed E-state index contributed by atoms with van der Waals surface area (Å²) in [5.74, 6) is 0.803. The topological polar surface area (TPSA) is 20.2 Å². The molecule has 0 aliphatic heterocycles. The smallest absolute Gasteiger partial charge is 0.0462 e. The van der Waals surface area contributed by atoms with E-state index in [1.165, 1.54) is 12.8 Å². The Balaban J connectivity index is 2.75. The Morgan fingerprint density at radius 1 is 1.44 bits per heavy atom. The zero-order valence-electron chi connectivity index (χ0n) is 6.43. The summed E-state index contributed by atoms with van der Waals surface area (Å²) >= 11 is 0. The van der Waals surface area contributed by atoms with Crippen molar-refractivity contribution in [1.29, 1.82) is 0 Å². The molecule has 1 radical (unpaired) electrons. The largest absolute Gasteiger partial charge is 0.396 e. The van der Waals surface area contributed by atoms with Crippen LogP contribution in [-0.2, 0) is 0 Å². The molecule has 1 nitrogen and oxygen atoms in total. The Morgan fingerprint density at radius 3 is 2.56 bits per heavy atom. The van der Waals surface area contributed by atoms with E-state index < -0.39 is 0 Å². The first-order valence-corrected chi connectivity index (χ1v) is 3.70. The highest BCUT2D eigenvalue weighted by molar-refractivity contribution is 4.61. The lowest BCUT2D eigenvalue weighted by Crippen LogP contribution is -1.89. The van der Waals surface area contributed by atoms with Crippen LogP contribution in [0.1, 0.15) is 33.1 Å². The molecule has 0 rings (SSSR count). The maximum atomic E-state index is 8.38. The minimum absolute atomic E-state index is 0.234. The molecule has 0 unspecified atom stereocenters. The van der Waals surface area contributed by atoms with Gasteiger partial charge in [0.15, 0.2) is 0 Å². The molecular weight excluding hydrogens is 112 g/mol. The summed E-state index contributed by atoms with van der Waals surface area (Å²) in [7, 11) is 0. The van der Waals surface area contributed by atoms with Crippen molar-refractivity contribution >= 4 is 0 Å². The van der Waals surface area contributed by atoms with Crippen LogP contribution in [0.15, 0.2) is 0 Å². The predicted molar refractivity (Wildman–Crippen MR) is 40.1 cm³/mol. The third-order valence-corrected chi connectivity index (χ3v) is 1.32. The van der Waals surface area contributed by atoms with Crippen molar-refractivity contribution in [2.24, 2.45) is 5.92 Å². The van der Waals surface area contributed by atoms with E-state index in [9.17, 15) is 0 Å². The summed E-state index contributed by atoms with van der Waals surface area (Å²) in [5, 5.41) is 8.38. The summed E-state index contributed by atoms with van der Waals surface area (Å²) in [6.45, 7) is 4.68. The van der Waals surface area contributed by atoms with E-state index in [4.69, 9.17) is 5.11 Å². The fraction of sp³-hybridized carbons (Fsp3) is 0.875. The van der Waals surface area contributed by atoms with Crippen LogP contribution < -0.4 is 0 Å². The van der Waals surface area contributed by atoms with Gasteiger partial charge in [-0.1, -0.05) is 26.7 Å². The monoisotopic (exact) mass is 129 g/mol. The Hall–Kier alpha value is -0.0400. The summed E-state index contributed by atoms with van der Waals surface area (Å²) in [6.07, 6.45) is 5.48. The molecule has 0 saturated heterocycles. The fourth-order valence-corrected chi connectivity index (χ4v) is 0.762. The van der Waals surface area contributed by atoms with E-state index in [0.717, 1.165) is 12.3 Å². The van der Waals surface area contributed by atoms with Crippen molar-refractivity contribution in [2.75, 3.05) is 6.61 Å². The number of aliphatic hydroxyl groups excluding tert-OH is 1. The zero-order chi connectivity index (χ0) is 7.11. The van der Waals surface area contributed by atoms with Gasteiger partial charge in [0, 0.05) is 6.61 Å². The second-order valence-electron chi connectivity index (χ2n) is 2.80. The third-order valence-electron chi connectivity index (χ3n) is 1.32. The molecular formula is C8H17O. The number of hydrogen-bond donors (Lipinski definition) is 1. The molecule has 0 amide bonds. The fourth-order valence-electron chi connectivity index (χ4n) is 0.762. The molecule has 0 saturated carbocycles. The third kappa shape index (κ3) is 7.96. The molecule has 0 spiro atoms. The summed E-state index contributed by atoms with van der Waals surface area (Å²) in [4.78, 5) is 0. The first kappa shape index (κ1) is 8.96. The van der Waals surface area contributed by atoms with Crippen LogP contribution in [0.4, 0.5) is 0 Å². The molecule has 0 aromatic carbocycles. The summed E-state index contributed by atoms with van der Waals surface area (Å²) < 4.78 is 0. The van der Waals surface area contributed by atoms with Crippen LogP contribution >= 0.6 is 0 Å². The molecule has 1 heteroatoms. The molecule has 55 valence electrons. The lowest BCUT2D eigenvalue weighted by atomic mass is 10.1. The quantitative estimate of drug-likeness (QED) is 0.563. The standard InChI is InChI=1S/C8H17O/c1-8(2)6-4-3-5-7-9/h5,8-9H,3-4,6-7H2,1-2H3. The van der Waals surface area contributed by atoms with Crippen LogP contribution in [0.3, 0.4) is 0 Å². The van der Waals surface area contributed by atoms with Gasteiger partial charge in [0.1, 0.15) is 0 Å². The first-order valence-electron chi connectivity index (χ1n) is 3.70. The Morgan fingerprint density at radius 2 is 2.11 bits per heavy atom. The number of rotatable bonds is 5. The van der Waals surface area contributed by atoms with Crippen LogP contribution in [0.25, 0.3) is 0 Å². The molecule has 0 aromatic heterocycles. The second-order valence-corrected chi connectivity index (χ2v) is 2.80. The van der Waals surface area contributed by atoms with E-state index in [0.29, 0.717) is 0 Å². The van der Waals surface area contributed by atoms with Gasteiger partial charge in [0.25, 0.3) is 0 Å². The van der Waals surface area contributed by atoms with E-state index >= 15 is 0 Å². The first-order chi connectivity index (χ1) is 4.27. The minimum atomic E-state index is 0.234. The van der Waals surface area contributed by atoms with Gasteiger partial charge in [-0.25, -0.2) is 0 Å². The van der Waals surface area contributed by atoms with Crippen LogP contribution in [-0.4, -0.2) is 11.7 Å². The zero-order valence-corrected chi connectivity index (χ0v) is 6.43. The number of hydrogen-bond acceptors (Lipinski definition) is 1. The minimum Gasteiger partial charge on any atom is -0.396 e. The van der Waals surface area contributed by atoms with E-state index in [2.05, 4.69) is 13.8 Å². The van der Waals surface area contributed by atoms with Crippen molar-refractivity contribution < 1.29 is 5.11 Å². The number of aliphatic hydroxyl groups is 1. The SMILES string of the molecule is CC(C)CCC[CH]CO. The molecule has 0 atom stereocenters. The highest BCUT2D eigenvalue weighted by Gasteiger charge is 1.92. The van der Waals surface area contributed by atoms with Gasteiger partial charge in [-0.3, -0.25) is 0 Å². The average molecular weight is 129 g/mol. The second kappa shape index (κ2) is 6.09. The molecule has 0 fully saturated rings. The Bertz CT molecular complexity index is 50.5. The molecule has 0 heterocycles. The van der Waals surface area contributed by atoms with Crippen LogP contribution in [0.5, 0.6) is 0 Å². The molecule has 9 heavy (non-hydrogen) atoms. The molecule has 1 N–H and O–H groups in total. The predicted octanol–water partition coefficient (Wildman–Crippen LogP) is 2.01. The molecule has 0 aliphatic rings. The van der Waals surface area contributed by atoms with Gasteiger partial charge in [-0.05, 0) is 18.8 Å². The van der Waals surface area contributed by atoms with E-state index in [1.54, 1.807) is 0 Å². The Kier molecular flexibility index (Phi) is 6.06. The lowest BCUT2D eigenvalue weighted by Gasteiger charge is -2.01.